The van der Waals surface area contributed by atoms with E-state index in [4.69, 9.17) is 5.11 Å². The molecule has 0 aliphatic carbocycles. The summed E-state index contributed by atoms with van der Waals surface area (Å²) in [6, 6.07) is 3.80. The van der Waals surface area contributed by atoms with E-state index in [0.717, 1.165) is 17.0 Å². The lowest BCUT2D eigenvalue weighted by Crippen LogP contribution is -1.92. The Morgan fingerprint density at radius 2 is 2.10 bits per heavy atom. The number of hydrogen-bond donors (Lipinski definition) is 1. The van der Waals surface area contributed by atoms with Crippen LogP contribution in [0.2, 0.25) is 0 Å². The molecule has 1 aromatic heterocycles. The standard InChI is InChI=1S/C8H11NO/c1-6-3-4-8(5-10)9-7(6)2/h3-4,10H,5H2,1-2H3. The van der Waals surface area contributed by atoms with E-state index in [-0.39, 0.29) is 6.61 Å². The van der Waals surface area contributed by atoms with E-state index in [1.165, 1.54) is 0 Å². The highest BCUT2D eigenvalue weighted by Crippen LogP contribution is 2.04. The minimum atomic E-state index is 0.0289. The van der Waals surface area contributed by atoms with E-state index < -0.39 is 0 Å². The number of aromatic nitrogens is 1. The quantitative estimate of drug-likeness (QED) is 0.630. The molecule has 0 saturated carbocycles. The molecule has 0 bridgehead atoms. The smallest absolute Gasteiger partial charge is 0.0853 e. The zero-order chi connectivity index (χ0) is 7.56. The fourth-order valence-electron chi connectivity index (χ4n) is 0.771. The highest BCUT2D eigenvalue weighted by atomic mass is 16.3. The second-order valence-electron chi connectivity index (χ2n) is 2.36. The zero-order valence-corrected chi connectivity index (χ0v) is 6.26. The van der Waals surface area contributed by atoms with Crippen LogP contribution in [0.4, 0.5) is 0 Å². The van der Waals surface area contributed by atoms with Crippen molar-refractivity contribution < 1.29 is 5.11 Å². The number of nitrogens with zero attached hydrogens (tertiary/aromatic N) is 1. The van der Waals surface area contributed by atoms with Crippen LogP contribution in [-0.2, 0) is 6.61 Å². The molecule has 0 spiro atoms. The first-order valence-electron chi connectivity index (χ1n) is 3.28. The van der Waals surface area contributed by atoms with Gasteiger partial charge in [0.05, 0.1) is 12.3 Å². The monoisotopic (exact) mass is 137 g/mol. The summed E-state index contributed by atoms with van der Waals surface area (Å²) in [6.45, 7) is 3.97. The summed E-state index contributed by atoms with van der Waals surface area (Å²) in [7, 11) is 0. The molecular formula is C8H11NO. The molecule has 1 aromatic rings. The Balaban J connectivity index is 3.04. The van der Waals surface area contributed by atoms with Crippen LogP contribution in [0, 0.1) is 13.8 Å². The third-order valence-corrected chi connectivity index (χ3v) is 1.57. The molecule has 0 aliphatic heterocycles. The third kappa shape index (κ3) is 1.33. The molecule has 0 saturated heterocycles. The average Bonchev–Trinajstić information content (AvgIpc) is 1.95. The van der Waals surface area contributed by atoms with E-state index in [1.807, 2.05) is 26.0 Å². The van der Waals surface area contributed by atoms with Gasteiger partial charge in [0.1, 0.15) is 0 Å². The van der Waals surface area contributed by atoms with Crippen molar-refractivity contribution in [2.45, 2.75) is 20.5 Å². The first-order valence-corrected chi connectivity index (χ1v) is 3.28. The Bertz CT molecular complexity index is 233. The third-order valence-electron chi connectivity index (χ3n) is 1.57. The van der Waals surface area contributed by atoms with Gasteiger partial charge in [0.2, 0.25) is 0 Å². The molecule has 2 heteroatoms. The molecule has 1 N–H and O–H groups in total. The first-order chi connectivity index (χ1) is 4.74. The molecule has 0 unspecified atom stereocenters. The topological polar surface area (TPSA) is 33.1 Å². The maximum atomic E-state index is 8.69. The summed E-state index contributed by atoms with van der Waals surface area (Å²) in [6.07, 6.45) is 0. The van der Waals surface area contributed by atoms with Crippen LogP contribution in [0.15, 0.2) is 12.1 Å². The SMILES string of the molecule is Cc1ccc(CO)nc1C. The Morgan fingerprint density at radius 3 is 2.60 bits per heavy atom. The lowest BCUT2D eigenvalue weighted by Gasteiger charge is -1.99. The molecule has 1 rings (SSSR count). The summed E-state index contributed by atoms with van der Waals surface area (Å²) in [5.41, 5.74) is 2.90. The Kier molecular flexibility index (Phi) is 2.02. The van der Waals surface area contributed by atoms with Crippen molar-refractivity contribution in [3.63, 3.8) is 0 Å². The predicted molar refractivity (Wildman–Crippen MR) is 39.6 cm³/mol. The van der Waals surface area contributed by atoms with Crippen LogP contribution in [0.25, 0.3) is 0 Å². The minimum absolute atomic E-state index is 0.0289. The number of aryl methyl sites for hydroxylation is 2. The van der Waals surface area contributed by atoms with Crippen molar-refractivity contribution in [3.05, 3.63) is 29.1 Å². The summed E-state index contributed by atoms with van der Waals surface area (Å²) >= 11 is 0. The molecular weight excluding hydrogens is 126 g/mol. The summed E-state index contributed by atoms with van der Waals surface area (Å²) in [4.78, 5) is 4.14. The van der Waals surface area contributed by atoms with Gasteiger partial charge < -0.3 is 5.11 Å². The van der Waals surface area contributed by atoms with Gasteiger partial charge in [0.25, 0.3) is 0 Å². The zero-order valence-electron chi connectivity index (χ0n) is 6.26. The Hall–Kier alpha value is -0.890. The number of hydrogen-bond acceptors (Lipinski definition) is 2. The summed E-state index contributed by atoms with van der Waals surface area (Å²) in [5.74, 6) is 0. The van der Waals surface area contributed by atoms with Crippen molar-refractivity contribution in [3.8, 4) is 0 Å². The van der Waals surface area contributed by atoms with Crippen LogP contribution in [0.5, 0.6) is 0 Å². The molecule has 0 amide bonds. The molecule has 0 aliphatic rings. The van der Waals surface area contributed by atoms with Crippen LogP contribution < -0.4 is 0 Å². The normalized spacial score (nSPS) is 9.90. The van der Waals surface area contributed by atoms with Gasteiger partial charge in [-0.25, -0.2) is 0 Å². The van der Waals surface area contributed by atoms with Crippen molar-refractivity contribution in [1.29, 1.82) is 0 Å². The molecule has 0 atom stereocenters. The fourth-order valence-corrected chi connectivity index (χ4v) is 0.771. The number of rotatable bonds is 1. The van der Waals surface area contributed by atoms with Gasteiger partial charge >= 0.3 is 0 Å². The largest absolute Gasteiger partial charge is 0.390 e. The molecule has 0 radical (unpaired) electrons. The molecule has 2 nitrogen and oxygen atoms in total. The van der Waals surface area contributed by atoms with Crippen LogP contribution >= 0.6 is 0 Å². The van der Waals surface area contributed by atoms with Gasteiger partial charge in [-0.2, -0.15) is 0 Å². The molecule has 0 aromatic carbocycles. The van der Waals surface area contributed by atoms with E-state index in [0.29, 0.717) is 0 Å². The van der Waals surface area contributed by atoms with Gasteiger partial charge in [-0.1, -0.05) is 6.07 Å². The van der Waals surface area contributed by atoms with Gasteiger partial charge in [0, 0.05) is 5.69 Å². The average molecular weight is 137 g/mol. The van der Waals surface area contributed by atoms with Gasteiger partial charge in [0.15, 0.2) is 0 Å². The number of pyridine rings is 1. The predicted octanol–water partition coefficient (Wildman–Crippen LogP) is 1.19. The number of aliphatic hydroxyl groups is 1. The first kappa shape index (κ1) is 7.22. The second-order valence-corrected chi connectivity index (χ2v) is 2.36. The maximum Gasteiger partial charge on any atom is 0.0853 e. The van der Waals surface area contributed by atoms with Crippen molar-refractivity contribution in [1.82, 2.24) is 4.98 Å². The van der Waals surface area contributed by atoms with Crippen molar-refractivity contribution in [2.75, 3.05) is 0 Å². The lowest BCUT2D eigenvalue weighted by atomic mass is 10.2. The van der Waals surface area contributed by atoms with Crippen LogP contribution in [0.3, 0.4) is 0 Å². The second kappa shape index (κ2) is 2.80. The summed E-state index contributed by atoms with van der Waals surface area (Å²) in [5, 5.41) is 8.69. The lowest BCUT2D eigenvalue weighted by molar-refractivity contribution is 0.276. The van der Waals surface area contributed by atoms with Gasteiger partial charge in [-0.3, -0.25) is 4.98 Å². The van der Waals surface area contributed by atoms with E-state index in [1.54, 1.807) is 0 Å². The van der Waals surface area contributed by atoms with Crippen molar-refractivity contribution >= 4 is 0 Å². The minimum Gasteiger partial charge on any atom is -0.390 e. The van der Waals surface area contributed by atoms with Gasteiger partial charge in [-0.15, -0.1) is 0 Å². The highest BCUT2D eigenvalue weighted by molar-refractivity contribution is 5.19. The molecule has 54 valence electrons. The number of aliphatic hydroxyl groups excluding tert-OH is 1. The summed E-state index contributed by atoms with van der Waals surface area (Å²) < 4.78 is 0. The fraction of sp³-hybridized carbons (Fsp3) is 0.375. The van der Waals surface area contributed by atoms with Crippen molar-refractivity contribution in [2.24, 2.45) is 0 Å². The Labute approximate surface area is 60.5 Å². The van der Waals surface area contributed by atoms with Gasteiger partial charge in [-0.05, 0) is 25.5 Å². The van der Waals surface area contributed by atoms with Crippen LogP contribution in [-0.4, -0.2) is 10.1 Å². The molecule has 1 heterocycles. The van der Waals surface area contributed by atoms with E-state index >= 15 is 0 Å². The molecule has 0 fully saturated rings. The van der Waals surface area contributed by atoms with Crippen LogP contribution in [0.1, 0.15) is 17.0 Å². The van der Waals surface area contributed by atoms with E-state index in [9.17, 15) is 0 Å². The molecule has 10 heavy (non-hydrogen) atoms. The Morgan fingerprint density at radius 1 is 1.40 bits per heavy atom. The maximum absolute atomic E-state index is 8.69. The highest BCUT2D eigenvalue weighted by Gasteiger charge is 1.94. The van der Waals surface area contributed by atoms with E-state index in [2.05, 4.69) is 4.98 Å².